The van der Waals surface area contributed by atoms with E-state index in [1.807, 2.05) is 12.1 Å². The third-order valence-corrected chi connectivity index (χ3v) is 3.40. The van der Waals surface area contributed by atoms with Gasteiger partial charge >= 0.3 is 0 Å². The summed E-state index contributed by atoms with van der Waals surface area (Å²) in [4.78, 5) is 10.3. The highest BCUT2D eigenvalue weighted by molar-refractivity contribution is 6.30. The zero-order chi connectivity index (χ0) is 11.4. The molecular weight excluding hydrogens is 224 g/mol. The Hall–Kier alpha value is -1.09. The van der Waals surface area contributed by atoms with Crippen molar-refractivity contribution >= 4 is 11.6 Å². The maximum absolute atomic E-state index is 10.3. The predicted octanol–water partition coefficient (Wildman–Crippen LogP) is 3.28. The molecule has 16 heavy (non-hydrogen) atoms. The molecule has 0 radical (unpaired) electrons. The van der Waals surface area contributed by atoms with Gasteiger partial charge in [0.15, 0.2) is 0 Å². The van der Waals surface area contributed by atoms with Crippen molar-refractivity contribution in [3.8, 4) is 0 Å². The van der Waals surface area contributed by atoms with E-state index < -0.39 is 0 Å². The Kier molecular flexibility index (Phi) is 3.78. The van der Waals surface area contributed by atoms with Crippen molar-refractivity contribution in [2.75, 3.05) is 13.1 Å². The van der Waals surface area contributed by atoms with E-state index in [0.717, 1.165) is 37.4 Å². The van der Waals surface area contributed by atoms with E-state index in [1.54, 1.807) is 5.01 Å². The number of halogens is 1. The van der Waals surface area contributed by atoms with Crippen LogP contribution in [0.3, 0.4) is 0 Å². The molecular formula is C12H15ClN2O. The van der Waals surface area contributed by atoms with Gasteiger partial charge in [-0.15, -0.1) is 4.91 Å². The Morgan fingerprint density at radius 2 is 1.88 bits per heavy atom. The van der Waals surface area contributed by atoms with Crippen molar-refractivity contribution in [2.45, 2.75) is 19.3 Å². The molecule has 1 aromatic carbocycles. The van der Waals surface area contributed by atoms with E-state index in [4.69, 9.17) is 11.6 Å². The molecule has 86 valence electrons. The van der Waals surface area contributed by atoms with Crippen molar-refractivity contribution in [3.63, 3.8) is 0 Å². The number of piperidine rings is 1. The molecule has 1 saturated heterocycles. The molecule has 1 aliphatic heterocycles. The van der Waals surface area contributed by atoms with Crippen LogP contribution in [0.1, 0.15) is 18.4 Å². The molecule has 0 saturated carbocycles. The number of nitroso groups, excluding NO2 is 1. The number of hydrogen-bond acceptors (Lipinski definition) is 2. The SMILES string of the molecule is O=NN1CCC(Cc2ccc(Cl)cc2)CC1. The van der Waals surface area contributed by atoms with Crippen molar-refractivity contribution < 1.29 is 0 Å². The first-order chi connectivity index (χ1) is 7.78. The highest BCUT2D eigenvalue weighted by atomic mass is 35.5. The van der Waals surface area contributed by atoms with Crippen LogP contribution in [-0.2, 0) is 6.42 Å². The van der Waals surface area contributed by atoms with Crippen molar-refractivity contribution in [3.05, 3.63) is 39.8 Å². The van der Waals surface area contributed by atoms with Gasteiger partial charge in [-0.25, -0.2) is 0 Å². The molecule has 0 amide bonds. The Labute approximate surface area is 100 Å². The van der Waals surface area contributed by atoms with Gasteiger partial charge in [0, 0.05) is 18.1 Å². The molecule has 0 unspecified atom stereocenters. The predicted molar refractivity (Wildman–Crippen MR) is 65.2 cm³/mol. The highest BCUT2D eigenvalue weighted by Gasteiger charge is 2.18. The smallest absolute Gasteiger partial charge is 0.0523 e. The minimum Gasteiger partial charge on any atom is -0.261 e. The number of benzene rings is 1. The molecule has 2 rings (SSSR count). The minimum atomic E-state index is 0.666. The van der Waals surface area contributed by atoms with Crippen LogP contribution >= 0.6 is 11.6 Å². The Morgan fingerprint density at radius 3 is 2.44 bits per heavy atom. The minimum absolute atomic E-state index is 0.666. The van der Waals surface area contributed by atoms with Gasteiger partial charge in [-0.3, -0.25) is 5.01 Å². The molecule has 0 bridgehead atoms. The third-order valence-electron chi connectivity index (χ3n) is 3.14. The van der Waals surface area contributed by atoms with Crippen LogP contribution in [0.5, 0.6) is 0 Å². The summed E-state index contributed by atoms with van der Waals surface area (Å²) in [6, 6.07) is 8.01. The van der Waals surface area contributed by atoms with Crippen LogP contribution < -0.4 is 0 Å². The molecule has 4 heteroatoms. The van der Waals surface area contributed by atoms with E-state index in [0.29, 0.717) is 5.92 Å². The van der Waals surface area contributed by atoms with Crippen molar-refractivity contribution in [1.29, 1.82) is 0 Å². The topological polar surface area (TPSA) is 32.7 Å². The first-order valence-corrected chi connectivity index (χ1v) is 5.98. The van der Waals surface area contributed by atoms with Crippen molar-refractivity contribution in [2.24, 2.45) is 11.2 Å². The van der Waals surface area contributed by atoms with Gasteiger partial charge in [0.1, 0.15) is 0 Å². The van der Waals surface area contributed by atoms with Crippen LogP contribution in [0.15, 0.2) is 29.6 Å². The lowest BCUT2D eigenvalue weighted by molar-refractivity contribution is 0.188. The van der Waals surface area contributed by atoms with E-state index >= 15 is 0 Å². The summed E-state index contributed by atoms with van der Waals surface area (Å²) in [7, 11) is 0. The standard InChI is InChI=1S/C12H15ClN2O/c13-12-3-1-10(2-4-12)9-11-5-7-15(14-16)8-6-11/h1-4,11H,5-9H2. The van der Waals surface area contributed by atoms with E-state index in [1.165, 1.54) is 5.56 Å². The highest BCUT2D eigenvalue weighted by Crippen LogP contribution is 2.22. The van der Waals surface area contributed by atoms with Gasteiger partial charge < -0.3 is 0 Å². The second kappa shape index (κ2) is 5.30. The fraction of sp³-hybridized carbons (Fsp3) is 0.500. The molecule has 0 aromatic heterocycles. The monoisotopic (exact) mass is 238 g/mol. The fourth-order valence-corrected chi connectivity index (χ4v) is 2.28. The number of hydrogen-bond donors (Lipinski definition) is 0. The zero-order valence-electron chi connectivity index (χ0n) is 9.10. The van der Waals surface area contributed by atoms with Crippen LogP contribution in [0.4, 0.5) is 0 Å². The summed E-state index contributed by atoms with van der Waals surface area (Å²) >= 11 is 5.84. The second-order valence-electron chi connectivity index (χ2n) is 4.31. The summed E-state index contributed by atoms with van der Waals surface area (Å²) in [5.74, 6) is 0.666. The molecule has 1 aliphatic rings. The van der Waals surface area contributed by atoms with Gasteiger partial charge in [0.2, 0.25) is 0 Å². The summed E-state index contributed by atoms with van der Waals surface area (Å²) in [5.41, 5.74) is 1.32. The first-order valence-electron chi connectivity index (χ1n) is 5.60. The number of nitrogens with zero attached hydrogens (tertiary/aromatic N) is 2. The van der Waals surface area contributed by atoms with Crippen LogP contribution in [0.25, 0.3) is 0 Å². The summed E-state index contributed by atoms with van der Waals surface area (Å²) < 4.78 is 0. The van der Waals surface area contributed by atoms with E-state index in [9.17, 15) is 4.91 Å². The van der Waals surface area contributed by atoms with E-state index in [2.05, 4.69) is 17.4 Å². The molecule has 0 N–H and O–H groups in total. The molecule has 1 aromatic rings. The average molecular weight is 239 g/mol. The molecule has 0 atom stereocenters. The summed E-state index contributed by atoms with van der Waals surface area (Å²) in [6.45, 7) is 1.59. The molecule has 1 heterocycles. The van der Waals surface area contributed by atoms with Crippen LogP contribution in [-0.4, -0.2) is 18.1 Å². The Balaban J connectivity index is 1.86. The van der Waals surface area contributed by atoms with Crippen LogP contribution in [0, 0.1) is 10.8 Å². The summed E-state index contributed by atoms with van der Waals surface area (Å²) in [6.07, 6.45) is 3.17. The summed E-state index contributed by atoms with van der Waals surface area (Å²) in [5, 5.41) is 5.36. The van der Waals surface area contributed by atoms with Gasteiger partial charge in [-0.05, 0) is 42.9 Å². The molecule has 1 fully saturated rings. The fourth-order valence-electron chi connectivity index (χ4n) is 2.16. The second-order valence-corrected chi connectivity index (χ2v) is 4.75. The quantitative estimate of drug-likeness (QED) is 0.757. The number of rotatable bonds is 3. The van der Waals surface area contributed by atoms with Gasteiger partial charge in [-0.2, -0.15) is 0 Å². The first kappa shape index (κ1) is 11.4. The van der Waals surface area contributed by atoms with Crippen LogP contribution in [0.2, 0.25) is 5.02 Å². The van der Waals surface area contributed by atoms with Gasteiger partial charge in [0.25, 0.3) is 0 Å². The normalized spacial score (nSPS) is 17.4. The molecule has 0 aliphatic carbocycles. The Bertz CT molecular complexity index is 345. The molecule has 0 spiro atoms. The maximum atomic E-state index is 10.3. The average Bonchev–Trinajstić information content (AvgIpc) is 2.33. The van der Waals surface area contributed by atoms with Gasteiger partial charge in [-0.1, -0.05) is 23.7 Å². The molecule has 3 nitrogen and oxygen atoms in total. The third kappa shape index (κ3) is 2.95. The lowest BCUT2D eigenvalue weighted by Crippen LogP contribution is -2.29. The lowest BCUT2D eigenvalue weighted by atomic mass is 9.91. The lowest BCUT2D eigenvalue weighted by Gasteiger charge is -2.27. The largest absolute Gasteiger partial charge is 0.261 e. The Morgan fingerprint density at radius 1 is 1.25 bits per heavy atom. The maximum Gasteiger partial charge on any atom is 0.0523 e. The zero-order valence-corrected chi connectivity index (χ0v) is 9.86. The van der Waals surface area contributed by atoms with Gasteiger partial charge in [0.05, 0.1) is 5.29 Å². The van der Waals surface area contributed by atoms with E-state index in [-0.39, 0.29) is 0 Å². The van der Waals surface area contributed by atoms with Crippen molar-refractivity contribution in [1.82, 2.24) is 5.01 Å².